The molecule has 1 aromatic carbocycles. The maximum absolute atomic E-state index is 5.53. The summed E-state index contributed by atoms with van der Waals surface area (Å²) >= 11 is 1.69. The van der Waals surface area contributed by atoms with Crippen LogP contribution in [0, 0.1) is 0 Å². The van der Waals surface area contributed by atoms with Crippen molar-refractivity contribution in [2.75, 3.05) is 0 Å². The van der Waals surface area contributed by atoms with Gasteiger partial charge in [0.25, 0.3) is 0 Å². The van der Waals surface area contributed by atoms with Gasteiger partial charge in [0, 0.05) is 24.5 Å². The van der Waals surface area contributed by atoms with Crippen LogP contribution in [0.3, 0.4) is 0 Å². The maximum atomic E-state index is 5.53. The van der Waals surface area contributed by atoms with Crippen LogP contribution in [0.25, 0.3) is 0 Å². The molecular weight excluding hydrogens is 192 g/mol. The van der Waals surface area contributed by atoms with Gasteiger partial charge < -0.3 is 5.73 Å². The number of hydrogen-bond donors (Lipinski definition) is 1. The van der Waals surface area contributed by atoms with Gasteiger partial charge in [0.1, 0.15) is 0 Å². The molecule has 1 aromatic heterocycles. The van der Waals surface area contributed by atoms with E-state index < -0.39 is 0 Å². The van der Waals surface area contributed by atoms with Crippen LogP contribution in [0.2, 0.25) is 0 Å². The first kappa shape index (κ1) is 9.37. The summed E-state index contributed by atoms with van der Waals surface area (Å²) in [6.07, 6.45) is 2.76. The fourth-order valence-corrected chi connectivity index (χ4v) is 1.96. The molecule has 3 heteroatoms. The van der Waals surface area contributed by atoms with E-state index in [1.165, 1.54) is 11.1 Å². The number of benzene rings is 1. The van der Waals surface area contributed by atoms with Crippen LogP contribution in [0.15, 0.2) is 35.8 Å². The van der Waals surface area contributed by atoms with Crippen molar-refractivity contribution in [1.29, 1.82) is 0 Å². The normalized spacial score (nSPS) is 10.4. The van der Waals surface area contributed by atoms with E-state index in [0.717, 1.165) is 11.4 Å². The van der Waals surface area contributed by atoms with Crippen LogP contribution >= 0.6 is 11.3 Å². The molecule has 2 rings (SSSR count). The first-order valence-corrected chi connectivity index (χ1v) is 5.42. The molecule has 0 unspecified atom stereocenters. The van der Waals surface area contributed by atoms with Crippen molar-refractivity contribution in [2.24, 2.45) is 5.73 Å². The third-order valence-electron chi connectivity index (χ3n) is 2.10. The van der Waals surface area contributed by atoms with Crippen molar-refractivity contribution < 1.29 is 0 Å². The van der Waals surface area contributed by atoms with E-state index in [9.17, 15) is 0 Å². The summed E-state index contributed by atoms with van der Waals surface area (Å²) in [5.41, 5.74) is 7.99. The Morgan fingerprint density at radius 1 is 1.14 bits per heavy atom. The summed E-state index contributed by atoms with van der Waals surface area (Å²) < 4.78 is 0. The Bertz CT molecular complexity index is 378. The summed E-state index contributed by atoms with van der Waals surface area (Å²) in [7, 11) is 0. The van der Waals surface area contributed by atoms with Crippen molar-refractivity contribution in [2.45, 2.75) is 13.0 Å². The van der Waals surface area contributed by atoms with Crippen LogP contribution in [0.4, 0.5) is 0 Å². The lowest BCUT2D eigenvalue weighted by molar-refractivity contribution is 1.06. The Labute approximate surface area is 87.4 Å². The second kappa shape index (κ2) is 4.35. The van der Waals surface area contributed by atoms with Crippen molar-refractivity contribution in [3.8, 4) is 0 Å². The van der Waals surface area contributed by atoms with Crippen LogP contribution in [-0.2, 0) is 13.0 Å². The number of nitrogens with zero attached hydrogens (tertiary/aromatic N) is 1. The zero-order valence-corrected chi connectivity index (χ0v) is 8.63. The topological polar surface area (TPSA) is 38.9 Å². The Morgan fingerprint density at radius 3 is 2.43 bits per heavy atom. The molecule has 0 amide bonds. The Balaban J connectivity index is 2.10. The highest BCUT2D eigenvalue weighted by molar-refractivity contribution is 7.09. The second-order valence-corrected chi connectivity index (χ2v) is 4.10. The highest BCUT2D eigenvalue weighted by atomic mass is 32.1. The zero-order chi connectivity index (χ0) is 9.80. The van der Waals surface area contributed by atoms with Crippen LogP contribution in [0.5, 0.6) is 0 Å². The third-order valence-corrected chi connectivity index (χ3v) is 2.88. The average molecular weight is 204 g/mol. The molecule has 0 bridgehead atoms. The third kappa shape index (κ3) is 2.19. The zero-order valence-electron chi connectivity index (χ0n) is 7.81. The summed E-state index contributed by atoms with van der Waals surface area (Å²) in [4.78, 5) is 4.25. The Morgan fingerprint density at radius 2 is 1.86 bits per heavy atom. The van der Waals surface area contributed by atoms with Gasteiger partial charge >= 0.3 is 0 Å². The van der Waals surface area contributed by atoms with E-state index in [1.807, 2.05) is 11.6 Å². The minimum atomic E-state index is 0.609. The van der Waals surface area contributed by atoms with E-state index in [2.05, 4.69) is 29.2 Å². The molecule has 0 saturated carbocycles. The molecule has 14 heavy (non-hydrogen) atoms. The predicted octanol–water partition coefficient (Wildman–Crippen LogP) is 2.19. The van der Waals surface area contributed by atoms with Crippen molar-refractivity contribution in [3.05, 3.63) is 52.0 Å². The molecule has 2 nitrogen and oxygen atoms in total. The van der Waals surface area contributed by atoms with Crippen molar-refractivity contribution >= 4 is 11.3 Å². The monoisotopic (exact) mass is 204 g/mol. The molecule has 72 valence electrons. The van der Waals surface area contributed by atoms with E-state index in [-0.39, 0.29) is 0 Å². The lowest BCUT2D eigenvalue weighted by Crippen LogP contribution is -1.96. The maximum Gasteiger partial charge on any atom is 0.0968 e. The van der Waals surface area contributed by atoms with Gasteiger partial charge in [-0.15, -0.1) is 11.3 Å². The van der Waals surface area contributed by atoms with Crippen molar-refractivity contribution in [1.82, 2.24) is 4.98 Å². The summed E-state index contributed by atoms with van der Waals surface area (Å²) in [5.74, 6) is 0. The lowest BCUT2D eigenvalue weighted by Gasteiger charge is -1.99. The Hall–Kier alpha value is -1.19. The summed E-state index contributed by atoms with van der Waals surface area (Å²) in [5, 5.41) is 3.16. The average Bonchev–Trinajstić information content (AvgIpc) is 2.72. The van der Waals surface area contributed by atoms with Gasteiger partial charge in [-0.1, -0.05) is 24.3 Å². The minimum absolute atomic E-state index is 0.609. The second-order valence-electron chi connectivity index (χ2n) is 3.12. The number of thiazole rings is 1. The molecule has 0 aliphatic carbocycles. The molecule has 2 N–H and O–H groups in total. The molecule has 0 spiro atoms. The molecule has 2 aromatic rings. The first-order valence-electron chi connectivity index (χ1n) is 4.55. The van der Waals surface area contributed by atoms with E-state index >= 15 is 0 Å². The first-order chi connectivity index (χ1) is 6.88. The fourth-order valence-electron chi connectivity index (χ4n) is 1.31. The van der Waals surface area contributed by atoms with Gasteiger partial charge in [-0.05, 0) is 11.1 Å². The molecule has 0 aliphatic rings. The van der Waals surface area contributed by atoms with E-state index in [4.69, 9.17) is 5.73 Å². The van der Waals surface area contributed by atoms with E-state index in [1.54, 1.807) is 11.3 Å². The standard InChI is InChI=1S/C11H12N2S/c12-8-10-3-1-9(2-4-10)7-11-13-5-6-14-11/h1-6H,7-8,12H2. The highest BCUT2D eigenvalue weighted by Gasteiger charge is 1.98. The van der Waals surface area contributed by atoms with Crippen LogP contribution in [-0.4, -0.2) is 4.98 Å². The molecule has 0 atom stereocenters. The highest BCUT2D eigenvalue weighted by Crippen LogP contribution is 2.12. The number of hydrogen-bond acceptors (Lipinski definition) is 3. The SMILES string of the molecule is NCc1ccc(Cc2nccs2)cc1. The smallest absolute Gasteiger partial charge is 0.0968 e. The predicted molar refractivity (Wildman–Crippen MR) is 59.3 cm³/mol. The largest absolute Gasteiger partial charge is 0.326 e. The van der Waals surface area contributed by atoms with Gasteiger partial charge in [0.05, 0.1) is 5.01 Å². The fraction of sp³-hybridized carbons (Fsp3) is 0.182. The van der Waals surface area contributed by atoms with Gasteiger partial charge in [0.2, 0.25) is 0 Å². The van der Waals surface area contributed by atoms with Crippen molar-refractivity contribution in [3.63, 3.8) is 0 Å². The molecule has 1 heterocycles. The van der Waals surface area contributed by atoms with Gasteiger partial charge in [-0.25, -0.2) is 4.98 Å². The van der Waals surface area contributed by atoms with Gasteiger partial charge in [-0.2, -0.15) is 0 Å². The quantitative estimate of drug-likeness (QED) is 0.832. The summed E-state index contributed by atoms with van der Waals surface area (Å²) in [6.45, 7) is 0.609. The van der Waals surface area contributed by atoms with Gasteiger partial charge in [0.15, 0.2) is 0 Å². The molecular formula is C11H12N2S. The molecule has 0 radical (unpaired) electrons. The molecule has 0 fully saturated rings. The number of aromatic nitrogens is 1. The van der Waals surface area contributed by atoms with E-state index in [0.29, 0.717) is 6.54 Å². The van der Waals surface area contributed by atoms with Gasteiger partial charge in [-0.3, -0.25) is 0 Å². The number of nitrogens with two attached hydrogens (primary N) is 1. The van der Waals surface area contributed by atoms with Crippen LogP contribution < -0.4 is 5.73 Å². The lowest BCUT2D eigenvalue weighted by atomic mass is 10.1. The number of rotatable bonds is 3. The molecule has 0 aliphatic heterocycles. The Kier molecular flexibility index (Phi) is 2.91. The minimum Gasteiger partial charge on any atom is -0.326 e. The van der Waals surface area contributed by atoms with Crippen LogP contribution in [0.1, 0.15) is 16.1 Å². The summed E-state index contributed by atoms with van der Waals surface area (Å²) in [6, 6.07) is 8.37. The molecule has 0 saturated heterocycles.